The molecule has 0 radical (unpaired) electrons. The molecule has 2 unspecified atom stereocenters. The van der Waals surface area contributed by atoms with E-state index < -0.39 is 23.1 Å². The van der Waals surface area contributed by atoms with Crippen LogP contribution in [-0.2, 0) is 0 Å². The van der Waals surface area contributed by atoms with Crippen LogP contribution in [0.3, 0.4) is 0 Å². The highest BCUT2D eigenvalue weighted by Gasteiger charge is 2.35. The Morgan fingerprint density at radius 1 is 1.40 bits per heavy atom. The number of hydrogen-bond donors (Lipinski definition) is 2. The van der Waals surface area contributed by atoms with Gasteiger partial charge in [-0.3, -0.25) is 4.79 Å². The van der Waals surface area contributed by atoms with Crippen molar-refractivity contribution in [3.8, 4) is 0 Å². The summed E-state index contributed by atoms with van der Waals surface area (Å²) in [6, 6.07) is 2.82. The average molecular weight is 282 g/mol. The van der Waals surface area contributed by atoms with Crippen molar-refractivity contribution in [2.45, 2.75) is 38.1 Å². The third kappa shape index (κ3) is 3.33. The topological polar surface area (TPSA) is 55.1 Å². The monoisotopic (exact) mass is 282 g/mol. The second kappa shape index (κ2) is 5.87. The van der Waals surface area contributed by atoms with Crippen molar-refractivity contribution in [3.63, 3.8) is 0 Å². The van der Waals surface area contributed by atoms with Crippen molar-refractivity contribution < 1.29 is 13.6 Å². The summed E-state index contributed by atoms with van der Waals surface area (Å²) in [5, 5.41) is 2.89. The van der Waals surface area contributed by atoms with Crippen molar-refractivity contribution in [3.05, 3.63) is 35.4 Å². The van der Waals surface area contributed by atoms with E-state index in [1.54, 1.807) is 0 Å². The first-order valence-corrected chi connectivity index (χ1v) is 6.93. The van der Waals surface area contributed by atoms with Gasteiger partial charge in [-0.2, -0.15) is 0 Å². The largest absolute Gasteiger partial charge is 0.345 e. The van der Waals surface area contributed by atoms with E-state index in [9.17, 15) is 13.6 Å². The van der Waals surface area contributed by atoms with Gasteiger partial charge in [0.25, 0.3) is 5.91 Å². The standard InChI is InChI=1S/C15H20F2N2O/c1-10-3-2-4-15(8-10,9-18)19-14(20)11-5-12(16)7-13(17)6-11/h5-7,10H,2-4,8-9,18H2,1H3,(H,19,20). The van der Waals surface area contributed by atoms with Gasteiger partial charge >= 0.3 is 0 Å². The Morgan fingerprint density at radius 2 is 2.05 bits per heavy atom. The molecule has 1 aromatic rings. The minimum absolute atomic E-state index is 0.00597. The summed E-state index contributed by atoms with van der Waals surface area (Å²) in [5.74, 6) is -1.50. The molecule has 1 aliphatic rings. The average Bonchev–Trinajstić information content (AvgIpc) is 2.37. The van der Waals surface area contributed by atoms with Crippen LogP contribution < -0.4 is 11.1 Å². The lowest BCUT2D eigenvalue weighted by molar-refractivity contribution is 0.0853. The Bertz CT molecular complexity index is 486. The predicted octanol–water partition coefficient (Wildman–Crippen LogP) is 2.60. The van der Waals surface area contributed by atoms with Gasteiger partial charge in [-0.05, 0) is 30.9 Å². The smallest absolute Gasteiger partial charge is 0.251 e. The summed E-state index contributed by atoms with van der Waals surface area (Å²) in [4.78, 5) is 12.2. The molecule has 0 heterocycles. The molecule has 0 bridgehead atoms. The lowest BCUT2D eigenvalue weighted by atomic mass is 9.76. The molecule has 1 fully saturated rings. The van der Waals surface area contributed by atoms with Crippen LogP contribution in [0.1, 0.15) is 43.0 Å². The van der Waals surface area contributed by atoms with Crippen molar-refractivity contribution in [1.29, 1.82) is 0 Å². The molecule has 0 spiro atoms. The summed E-state index contributed by atoms with van der Waals surface area (Å²) in [6.45, 7) is 2.46. The normalized spacial score (nSPS) is 26.3. The van der Waals surface area contributed by atoms with Gasteiger partial charge in [0.1, 0.15) is 11.6 Å². The molecule has 1 aromatic carbocycles. The Kier molecular flexibility index (Phi) is 4.38. The fourth-order valence-electron chi connectivity index (χ4n) is 3.01. The summed E-state index contributed by atoms with van der Waals surface area (Å²) in [7, 11) is 0. The zero-order valence-electron chi connectivity index (χ0n) is 11.6. The van der Waals surface area contributed by atoms with E-state index >= 15 is 0 Å². The Labute approximate surface area is 117 Å². The third-order valence-electron chi connectivity index (χ3n) is 3.99. The first-order valence-electron chi connectivity index (χ1n) is 6.93. The number of rotatable bonds is 3. The maximum absolute atomic E-state index is 13.2. The van der Waals surface area contributed by atoms with Gasteiger partial charge in [-0.15, -0.1) is 0 Å². The second-order valence-electron chi connectivity index (χ2n) is 5.80. The van der Waals surface area contributed by atoms with Gasteiger partial charge in [0.2, 0.25) is 0 Å². The van der Waals surface area contributed by atoms with E-state index in [0.717, 1.165) is 43.9 Å². The number of carbonyl (C=O) groups is 1. The Morgan fingerprint density at radius 3 is 2.60 bits per heavy atom. The lowest BCUT2D eigenvalue weighted by Gasteiger charge is -2.40. The van der Waals surface area contributed by atoms with Crippen LogP contribution in [-0.4, -0.2) is 18.0 Å². The maximum Gasteiger partial charge on any atom is 0.251 e. The summed E-state index contributed by atoms with van der Waals surface area (Å²) < 4.78 is 26.3. The highest BCUT2D eigenvalue weighted by Crippen LogP contribution is 2.31. The van der Waals surface area contributed by atoms with Crippen LogP contribution in [0, 0.1) is 17.6 Å². The van der Waals surface area contributed by atoms with Crippen molar-refractivity contribution >= 4 is 5.91 Å². The van der Waals surface area contributed by atoms with Crippen molar-refractivity contribution in [2.75, 3.05) is 6.54 Å². The number of halogens is 2. The van der Waals surface area contributed by atoms with Crippen LogP contribution in [0.2, 0.25) is 0 Å². The third-order valence-corrected chi connectivity index (χ3v) is 3.99. The van der Waals surface area contributed by atoms with Gasteiger partial charge in [0, 0.05) is 18.2 Å². The van der Waals surface area contributed by atoms with Crippen molar-refractivity contribution in [1.82, 2.24) is 5.32 Å². The van der Waals surface area contributed by atoms with E-state index in [1.165, 1.54) is 0 Å². The minimum Gasteiger partial charge on any atom is -0.345 e. The zero-order valence-corrected chi connectivity index (χ0v) is 11.6. The van der Waals surface area contributed by atoms with Crippen LogP contribution in [0.5, 0.6) is 0 Å². The van der Waals surface area contributed by atoms with E-state index in [-0.39, 0.29) is 5.56 Å². The fourth-order valence-corrected chi connectivity index (χ4v) is 3.01. The molecule has 3 nitrogen and oxygen atoms in total. The number of carbonyl (C=O) groups excluding carboxylic acids is 1. The molecule has 5 heteroatoms. The summed E-state index contributed by atoms with van der Waals surface area (Å²) in [5.41, 5.74) is 5.36. The highest BCUT2D eigenvalue weighted by atomic mass is 19.1. The van der Waals surface area contributed by atoms with E-state index in [0.29, 0.717) is 12.5 Å². The molecule has 1 aliphatic carbocycles. The molecular formula is C15H20F2N2O. The molecule has 110 valence electrons. The van der Waals surface area contributed by atoms with Crippen molar-refractivity contribution in [2.24, 2.45) is 11.7 Å². The van der Waals surface area contributed by atoms with Gasteiger partial charge in [-0.25, -0.2) is 8.78 Å². The first kappa shape index (κ1) is 14.9. The zero-order chi connectivity index (χ0) is 14.8. The predicted molar refractivity (Wildman–Crippen MR) is 73.2 cm³/mol. The van der Waals surface area contributed by atoms with Crippen LogP contribution in [0.15, 0.2) is 18.2 Å². The van der Waals surface area contributed by atoms with Gasteiger partial charge in [0.15, 0.2) is 0 Å². The Balaban J connectivity index is 2.16. The van der Waals surface area contributed by atoms with Crippen LogP contribution >= 0.6 is 0 Å². The molecule has 1 saturated carbocycles. The molecule has 1 amide bonds. The molecule has 0 aliphatic heterocycles. The van der Waals surface area contributed by atoms with E-state index in [2.05, 4.69) is 12.2 Å². The van der Waals surface area contributed by atoms with Gasteiger partial charge in [0.05, 0.1) is 5.54 Å². The molecule has 20 heavy (non-hydrogen) atoms. The molecular weight excluding hydrogens is 262 g/mol. The first-order chi connectivity index (χ1) is 9.44. The lowest BCUT2D eigenvalue weighted by Crippen LogP contribution is -2.56. The van der Waals surface area contributed by atoms with Gasteiger partial charge in [-0.1, -0.05) is 19.8 Å². The SMILES string of the molecule is CC1CCCC(CN)(NC(=O)c2cc(F)cc(F)c2)C1. The number of nitrogens with one attached hydrogen (secondary N) is 1. The molecule has 0 saturated heterocycles. The number of amides is 1. The fraction of sp³-hybridized carbons (Fsp3) is 0.533. The maximum atomic E-state index is 13.2. The van der Waals surface area contributed by atoms with Crippen LogP contribution in [0.25, 0.3) is 0 Å². The summed E-state index contributed by atoms with van der Waals surface area (Å²) >= 11 is 0. The second-order valence-corrected chi connectivity index (χ2v) is 5.80. The Hall–Kier alpha value is -1.49. The van der Waals surface area contributed by atoms with Gasteiger partial charge < -0.3 is 11.1 Å². The van der Waals surface area contributed by atoms with Crippen LogP contribution in [0.4, 0.5) is 8.78 Å². The minimum atomic E-state index is -0.756. The molecule has 0 aromatic heterocycles. The quantitative estimate of drug-likeness (QED) is 0.895. The molecule has 2 atom stereocenters. The molecule has 3 N–H and O–H groups in total. The van der Waals surface area contributed by atoms with E-state index in [1.807, 2.05) is 0 Å². The summed E-state index contributed by atoms with van der Waals surface area (Å²) in [6.07, 6.45) is 3.72. The van der Waals surface area contributed by atoms with E-state index in [4.69, 9.17) is 5.73 Å². The number of benzene rings is 1. The molecule has 2 rings (SSSR count). The number of nitrogens with two attached hydrogens (primary N) is 1. The number of hydrogen-bond acceptors (Lipinski definition) is 2. The highest BCUT2D eigenvalue weighted by molar-refractivity contribution is 5.94.